The predicted octanol–water partition coefficient (Wildman–Crippen LogP) is 7.45. The molecule has 0 bridgehead atoms. The van der Waals surface area contributed by atoms with Gasteiger partial charge in [-0.25, -0.2) is 0 Å². The summed E-state index contributed by atoms with van der Waals surface area (Å²) in [7, 11) is 1.57. The fourth-order valence-electron chi connectivity index (χ4n) is 2.88. The molecule has 0 saturated heterocycles. The molecule has 38 heavy (non-hydrogen) atoms. The van der Waals surface area contributed by atoms with Gasteiger partial charge in [-0.15, -0.1) is 0 Å². The van der Waals surface area contributed by atoms with Crippen molar-refractivity contribution >= 4 is 81.4 Å². The molecule has 2 N–H and O–H groups in total. The molecule has 0 aliphatic rings. The zero-order chi connectivity index (χ0) is 28.2. The number of benzene rings is 2. The summed E-state index contributed by atoms with van der Waals surface area (Å²) in [6.45, 7) is 0.617. The highest BCUT2D eigenvalue weighted by atomic mass is 35.6. The average molecular weight is 647 g/mol. The van der Waals surface area contributed by atoms with E-state index < -0.39 is 31.6 Å². The smallest absolute Gasteiger partial charge is 0.265 e. The summed E-state index contributed by atoms with van der Waals surface area (Å²) >= 11 is 34.9. The summed E-state index contributed by atoms with van der Waals surface area (Å²) in [5, 5.41) is 16.1. The second-order valence-electron chi connectivity index (χ2n) is 7.68. The fraction of sp³-hybridized carbons (Fsp3) is 0.360. The van der Waals surface area contributed by atoms with E-state index in [4.69, 9.17) is 104 Å². The number of halogens is 6. The lowest BCUT2D eigenvalue weighted by molar-refractivity contribution is -0.0153. The molecule has 0 heterocycles. The van der Waals surface area contributed by atoms with Gasteiger partial charge in [-0.2, -0.15) is 0 Å². The van der Waals surface area contributed by atoms with Gasteiger partial charge in [0, 0.05) is 0 Å². The fourth-order valence-corrected chi connectivity index (χ4v) is 3.15. The van der Waals surface area contributed by atoms with E-state index in [1.807, 2.05) is 42.5 Å². The van der Waals surface area contributed by atoms with E-state index in [-0.39, 0.29) is 19.8 Å². The number of hydrogen-bond donors (Lipinski definition) is 2. The Labute approximate surface area is 251 Å². The van der Waals surface area contributed by atoms with Gasteiger partial charge in [0.15, 0.2) is 12.2 Å². The molecule has 0 aromatic heterocycles. The molecule has 0 aliphatic heterocycles. The Morgan fingerprint density at radius 1 is 0.789 bits per heavy atom. The molecule has 2 aromatic carbocycles. The number of ether oxygens (including phenoxy) is 5. The molecule has 0 unspecified atom stereocenters. The third-order valence-electron chi connectivity index (χ3n) is 4.77. The maximum absolute atomic E-state index is 8.03. The van der Waals surface area contributed by atoms with Crippen LogP contribution >= 0.6 is 69.6 Å². The molecule has 0 amide bonds. The second-order valence-corrected chi connectivity index (χ2v) is 12.2. The molecule has 0 aliphatic carbocycles. The number of rotatable bonds is 13. The molecule has 2 rings (SSSR count). The Balaban J connectivity index is 2.15. The molecule has 0 saturated carbocycles. The van der Waals surface area contributed by atoms with Crippen LogP contribution in [0.5, 0.6) is 5.75 Å². The van der Waals surface area contributed by atoms with Crippen molar-refractivity contribution in [1.82, 2.24) is 0 Å². The number of methoxy groups -OCH3 is 1. The predicted molar refractivity (Wildman–Crippen MR) is 154 cm³/mol. The normalized spacial score (nSPS) is 13.7. The summed E-state index contributed by atoms with van der Waals surface area (Å²) in [5.74, 6) is -0.654. The molecular weight excluding hydrogens is 621 g/mol. The highest BCUT2D eigenvalue weighted by Crippen LogP contribution is 2.31. The summed E-state index contributed by atoms with van der Waals surface area (Å²) in [6.07, 6.45) is 1.01. The van der Waals surface area contributed by atoms with Crippen LogP contribution in [0.4, 0.5) is 0 Å². The van der Waals surface area contributed by atoms with Crippen molar-refractivity contribution in [2.75, 3.05) is 20.3 Å². The SMILES string of the molecule is COc1ccc(COC[C@H](OC(=N)C(Cl)(Cl)Cl)[C@H](/C=C\COCc2ccccc2)OC(=N)C(Cl)(Cl)Cl)cc1. The zero-order valence-corrected chi connectivity index (χ0v) is 24.7. The van der Waals surface area contributed by atoms with Gasteiger partial charge in [0.2, 0.25) is 11.8 Å². The zero-order valence-electron chi connectivity index (χ0n) is 20.1. The van der Waals surface area contributed by atoms with Gasteiger partial charge in [0.05, 0.1) is 33.5 Å². The van der Waals surface area contributed by atoms with E-state index in [1.165, 1.54) is 6.08 Å². The van der Waals surface area contributed by atoms with Crippen molar-refractivity contribution in [1.29, 1.82) is 10.8 Å². The number of hydrogen-bond acceptors (Lipinski definition) is 7. The lowest BCUT2D eigenvalue weighted by atomic mass is 10.2. The van der Waals surface area contributed by atoms with E-state index in [2.05, 4.69) is 0 Å². The molecule has 0 fully saturated rings. The lowest BCUT2D eigenvalue weighted by Gasteiger charge is -2.29. The first-order valence-corrected chi connectivity index (χ1v) is 13.3. The van der Waals surface area contributed by atoms with E-state index in [1.54, 1.807) is 25.3 Å². The number of nitrogens with one attached hydrogen (secondary N) is 2. The van der Waals surface area contributed by atoms with Gasteiger partial charge in [0.1, 0.15) is 5.75 Å². The van der Waals surface area contributed by atoms with Crippen LogP contribution in [-0.4, -0.2) is 51.9 Å². The van der Waals surface area contributed by atoms with Gasteiger partial charge in [-0.3, -0.25) is 10.8 Å². The summed E-state index contributed by atoms with van der Waals surface area (Å²) in [4.78, 5) is 0. The Hall–Kier alpha value is -1.42. The average Bonchev–Trinajstić information content (AvgIpc) is 2.87. The summed E-state index contributed by atoms with van der Waals surface area (Å²) in [5.41, 5.74) is 1.84. The van der Waals surface area contributed by atoms with E-state index >= 15 is 0 Å². The largest absolute Gasteiger partial charge is 0.497 e. The van der Waals surface area contributed by atoms with Gasteiger partial charge in [-0.05, 0) is 29.3 Å². The van der Waals surface area contributed by atoms with Crippen LogP contribution in [0.15, 0.2) is 66.7 Å². The molecule has 2 atom stereocenters. The highest BCUT2D eigenvalue weighted by Gasteiger charge is 2.37. The molecular formula is C25H26Cl6N2O5. The van der Waals surface area contributed by atoms with E-state index in [0.717, 1.165) is 11.1 Å². The van der Waals surface area contributed by atoms with Crippen molar-refractivity contribution in [3.05, 3.63) is 77.9 Å². The van der Waals surface area contributed by atoms with Crippen molar-refractivity contribution in [3.63, 3.8) is 0 Å². The third-order valence-corrected chi connectivity index (χ3v) is 5.80. The third kappa shape index (κ3) is 12.2. The minimum absolute atomic E-state index is 0.137. The van der Waals surface area contributed by atoms with Gasteiger partial charge in [0.25, 0.3) is 7.59 Å². The highest BCUT2D eigenvalue weighted by molar-refractivity contribution is 6.76. The van der Waals surface area contributed by atoms with Gasteiger partial charge in [-0.1, -0.05) is 118 Å². The molecule has 13 heteroatoms. The van der Waals surface area contributed by atoms with Crippen molar-refractivity contribution in [2.45, 2.75) is 33.0 Å². The topological polar surface area (TPSA) is 93.9 Å². The maximum atomic E-state index is 8.03. The number of alkyl halides is 6. The first kappa shape index (κ1) is 32.8. The Kier molecular flexibility index (Phi) is 13.8. The van der Waals surface area contributed by atoms with E-state index in [0.29, 0.717) is 12.4 Å². The second kappa shape index (κ2) is 16.0. The van der Waals surface area contributed by atoms with E-state index in [9.17, 15) is 0 Å². The maximum Gasteiger partial charge on any atom is 0.265 e. The quantitative estimate of drug-likeness (QED) is 0.0775. The van der Waals surface area contributed by atoms with Gasteiger partial charge < -0.3 is 23.7 Å². The van der Waals surface area contributed by atoms with Crippen LogP contribution in [0.3, 0.4) is 0 Å². The van der Waals surface area contributed by atoms with Crippen molar-refractivity contribution in [3.8, 4) is 5.75 Å². The molecule has 7 nitrogen and oxygen atoms in total. The molecule has 2 aromatic rings. The minimum Gasteiger partial charge on any atom is -0.497 e. The lowest BCUT2D eigenvalue weighted by Crippen LogP contribution is -2.41. The van der Waals surface area contributed by atoms with Crippen LogP contribution in [0, 0.1) is 10.8 Å². The van der Waals surface area contributed by atoms with Crippen LogP contribution in [0.1, 0.15) is 11.1 Å². The standard InChI is InChI=1S/C25H26Cl6N2O5/c1-34-19-11-9-18(10-12-19)15-36-16-21(38-23(33)25(29,30)31)20(37-22(32)24(26,27)28)8-5-13-35-14-17-6-3-2-4-7-17/h2-12,20-21,32-33H,13-16H2,1H3/b8-5-,32-22?,33-23?/t20-,21-/m0/s1. The Morgan fingerprint density at radius 3 is 1.92 bits per heavy atom. The van der Waals surface area contributed by atoms with Crippen LogP contribution in [-0.2, 0) is 32.2 Å². The van der Waals surface area contributed by atoms with Crippen molar-refractivity contribution < 1.29 is 23.7 Å². The molecule has 208 valence electrons. The molecule has 0 radical (unpaired) electrons. The first-order valence-electron chi connectivity index (χ1n) is 11.0. The monoisotopic (exact) mass is 644 g/mol. The Bertz CT molecular complexity index is 1040. The molecule has 0 spiro atoms. The summed E-state index contributed by atoms with van der Waals surface area (Å²) < 4.78 is 23.5. The van der Waals surface area contributed by atoms with Crippen LogP contribution in [0.2, 0.25) is 0 Å². The van der Waals surface area contributed by atoms with Gasteiger partial charge >= 0.3 is 0 Å². The van der Waals surface area contributed by atoms with Crippen LogP contribution in [0.25, 0.3) is 0 Å². The van der Waals surface area contributed by atoms with Crippen LogP contribution < -0.4 is 4.74 Å². The minimum atomic E-state index is -2.15. The van der Waals surface area contributed by atoms with Crippen molar-refractivity contribution in [2.24, 2.45) is 0 Å². The summed E-state index contributed by atoms with van der Waals surface area (Å²) in [6, 6.07) is 16.8. The Morgan fingerprint density at radius 2 is 1.34 bits per heavy atom. The first-order chi connectivity index (χ1) is 17.9.